The molecule has 2 heterocycles. The summed E-state index contributed by atoms with van der Waals surface area (Å²) in [6.07, 6.45) is 3.38. The van der Waals surface area contributed by atoms with Gasteiger partial charge in [-0.1, -0.05) is 30.3 Å². The number of pyridine rings is 2. The van der Waals surface area contributed by atoms with Gasteiger partial charge in [0.1, 0.15) is 16.1 Å². The lowest BCUT2D eigenvalue weighted by atomic mass is 10.2. The Morgan fingerprint density at radius 2 is 1.91 bits per heavy atom. The van der Waals surface area contributed by atoms with Gasteiger partial charge in [0.15, 0.2) is 0 Å². The fourth-order valence-electron chi connectivity index (χ4n) is 2.02. The summed E-state index contributed by atoms with van der Waals surface area (Å²) in [7, 11) is 0. The molecule has 2 aromatic heterocycles. The van der Waals surface area contributed by atoms with Crippen molar-refractivity contribution in [3.63, 3.8) is 0 Å². The molecule has 0 amide bonds. The maximum absolute atomic E-state index is 12.2. The third-order valence-electron chi connectivity index (χ3n) is 3.13. The number of nitrogens with zero attached hydrogens (tertiary/aromatic N) is 2. The molecule has 0 spiro atoms. The summed E-state index contributed by atoms with van der Waals surface area (Å²) < 4.78 is 8.08. The second-order valence-electron chi connectivity index (χ2n) is 4.68. The predicted molar refractivity (Wildman–Crippen MR) is 93.3 cm³/mol. The van der Waals surface area contributed by atoms with Crippen molar-refractivity contribution in [2.45, 2.75) is 6.61 Å². The lowest BCUT2D eigenvalue weighted by Crippen LogP contribution is -2.17. The summed E-state index contributed by atoms with van der Waals surface area (Å²) in [6.45, 7) is 0.440. The number of halogens is 1. The first-order chi connectivity index (χ1) is 10.7. The van der Waals surface area contributed by atoms with Crippen molar-refractivity contribution in [1.29, 1.82) is 0 Å². The van der Waals surface area contributed by atoms with E-state index in [0.29, 0.717) is 12.4 Å². The van der Waals surface area contributed by atoms with Crippen molar-refractivity contribution in [3.05, 3.63) is 86.6 Å². The van der Waals surface area contributed by atoms with Crippen LogP contribution in [0.5, 0.6) is 5.75 Å². The fourth-order valence-corrected chi connectivity index (χ4v) is 2.33. The fraction of sp³-hybridized carbons (Fsp3) is 0.0588. The maximum atomic E-state index is 12.2. The van der Waals surface area contributed by atoms with Crippen LogP contribution in [0.15, 0.2) is 71.8 Å². The first kappa shape index (κ1) is 14.8. The highest BCUT2D eigenvalue weighted by Gasteiger charge is 2.03. The third-order valence-corrected chi connectivity index (χ3v) is 3.77. The zero-order valence-electron chi connectivity index (χ0n) is 11.6. The molecule has 0 atom stereocenters. The monoisotopic (exact) mass is 404 g/mol. The summed E-state index contributed by atoms with van der Waals surface area (Å²) in [5.74, 6) is 0.559. The van der Waals surface area contributed by atoms with E-state index in [1.807, 2.05) is 42.5 Å². The van der Waals surface area contributed by atoms with Crippen LogP contribution in [0, 0.1) is 3.70 Å². The minimum absolute atomic E-state index is 0.145. The SMILES string of the molecule is O=c1cc(OCc2ccccc2)ccn1-c1ccc(I)nc1. The summed E-state index contributed by atoms with van der Waals surface area (Å²) >= 11 is 2.13. The Labute approximate surface area is 141 Å². The molecule has 1 aromatic carbocycles. The molecule has 0 bridgehead atoms. The normalized spacial score (nSPS) is 10.4. The molecular weight excluding hydrogens is 391 g/mol. The van der Waals surface area contributed by atoms with Crippen LogP contribution in [0.3, 0.4) is 0 Å². The van der Waals surface area contributed by atoms with Crippen LogP contribution in [0.4, 0.5) is 0 Å². The molecule has 0 aliphatic heterocycles. The van der Waals surface area contributed by atoms with Gasteiger partial charge in [0.25, 0.3) is 5.56 Å². The number of benzene rings is 1. The topological polar surface area (TPSA) is 44.1 Å². The molecule has 22 heavy (non-hydrogen) atoms. The quantitative estimate of drug-likeness (QED) is 0.495. The zero-order valence-corrected chi connectivity index (χ0v) is 13.8. The Kier molecular flexibility index (Phi) is 4.53. The molecule has 0 unspecified atom stereocenters. The highest BCUT2D eigenvalue weighted by molar-refractivity contribution is 14.1. The van der Waals surface area contributed by atoms with Crippen LogP contribution in [0.2, 0.25) is 0 Å². The van der Waals surface area contributed by atoms with Gasteiger partial charge in [0, 0.05) is 12.3 Å². The minimum atomic E-state index is -0.145. The van der Waals surface area contributed by atoms with Gasteiger partial charge in [-0.2, -0.15) is 0 Å². The van der Waals surface area contributed by atoms with E-state index in [-0.39, 0.29) is 5.56 Å². The molecule has 0 N–H and O–H groups in total. The molecular formula is C17H13IN2O2. The number of ether oxygens (including phenoxy) is 1. The van der Waals surface area contributed by atoms with Gasteiger partial charge in [-0.25, -0.2) is 4.98 Å². The van der Waals surface area contributed by atoms with Crippen molar-refractivity contribution in [2.75, 3.05) is 0 Å². The van der Waals surface area contributed by atoms with Gasteiger partial charge in [-0.15, -0.1) is 0 Å². The van der Waals surface area contributed by atoms with Gasteiger partial charge in [-0.05, 0) is 46.4 Å². The van der Waals surface area contributed by atoms with Gasteiger partial charge in [0.2, 0.25) is 0 Å². The van der Waals surface area contributed by atoms with Crippen LogP contribution in [0.1, 0.15) is 5.56 Å². The van der Waals surface area contributed by atoms with E-state index in [0.717, 1.165) is 15.0 Å². The number of rotatable bonds is 4. The van der Waals surface area contributed by atoms with Crippen molar-refractivity contribution >= 4 is 22.6 Å². The van der Waals surface area contributed by atoms with Gasteiger partial charge < -0.3 is 4.74 Å². The average molecular weight is 404 g/mol. The Hall–Kier alpha value is -2.15. The molecule has 0 radical (unpaired) electrons. The van der Waals surface area contributed by atoms with Crippen molar-refractivity contribution in [1.82, 2.24) is 9.55 Å². The zero-order chi connectivity index (χ0) is 15.4. The van der Waals surface area contributed by atoms with Gasteiger partial charge >= 0.3 is 0 Å². The lowest BCUT2D eigenvalue weighted by Gasteiger charge is -2.09. The summed E-state index contributed by atoms with van der Waals surface area (Å²) in [5.41, 5.74) is 1.65. The van der Waals surface area contributed by atoms with Crippen LogP contribution >= 0.6 is 22.6 Å². The highest BCUT2D eigenvalue weighted by atomic mass is 127. The molecule has 3 aromatic rings. The summed E-state index contributed by atoms with van der Waals surface area (Å²) in [4.78, 5) is 16.4. The van der Waals surface area contributed by atoms with Crippen LogP contribution < -0.4 is 10.3 Å². The molecule has 0 aliphatic carbocycles. The van der Waals surface area contributed by atoms with E-state index in [9.17, 15) is 4.79 Å². The first-order valence-corrected chi connectivity index (χ1v) is 7.81. The molecule has 0 aliphatic rings. The Balaban J connectivity index is 1.77. The number of aromatic nitrogens is 2. The maximum Gasteiger partial charge on any atom is 0.258 e. The molecule has 110 valence electrons. The van der Waals surface area contributed by atoms with Crippen molar-refractivity contribution in [3.8, 4) is 11.4 Å². The summed E-state index contributed by atoms with van der Waals surface area (Å²) in [5, 5.41) is 0. The molecule has 0 saturated carbocycles. The highest BCUT2D eigenvalue weighted by Crippen LogP contribution is 2.12. The minimum Gasteiger partial charge on any atom is -0.489 e. The average Bonchev–Trinajstić information content (AvgIpc) is 2.55. The summed E-state index contributed by atoms with van der Waals surface area (Å²) in [6, 6.07) is 16.8. The van der Waals surface area contributed by atoms with E-state index in [1.165, 1.54) is 6.07 Å². The molecule has 0 saturated heterocycles. The smallest absolute Gasteiger partial charge is 0.258 e. The lowest BCUT2D eigenvalue weighted by molar-refractivity contribution is 0.305. The molecule has 5 heteroatoms. The Morgan fingerprint density at radius 1 is 1.09 bits per heavy atom. The first-order valence-electron chi connectivity index (χ1n) is 6.74. The third kappa shape index (κ3) is 3.54. The number of hydrogen-bond donors (Lipinski definition) is 0. The Bertz CT molecular complexity index is 814. The van der Waals surface area contributed by atoms with E-state index in [2.05, 4.69) is 27.6 Å². The second-order valence-corrected chi connectivity index (χ2v) is 5.79. The van der Waals surface area contributed by atoms with Crippen LogP contribution in [-0.4, -0.2) is 9.55 Å². The molecule has 3 rings (SSSR count). The standard InChI is InChI=1S/C17H13IN2O2/c18-16-7-6-14(11-19-16)20-9-8-15(10-17(20)21)22-12-13-4-2-1-3-5-13/h1-11H,12H2. The van der Waals surface area contributed by atoms with Crippen LogP contribution in [-0.2, 0) is 6.61 Å². The van der Waals surface area contributed by atoms with Gasteiger partial charge in [-0.3, -0.25) is 9.36 Å². The van der Waals surface area contributed by atoms with Crippen LogP contribution in [0.25, 0.3) is 5.69 Å². The largest absolute Gasteiger partial charge is 0.489 e. The van der Waals surface area contributed by atoms with E-state index < -0.39 is 0 Å². The molecule has 4 nitrogen and oxygen atoms in total. The van der Waals surface area contributed by atoms with Crippen molar-refractivity contribution < 1.29 is 4.74 Å². The van der Waals surface area contributed by atoms with E-state index >= 15 is 0 Å². The van der Waals surface area contributed by atoms with E-state index in [4.69, 9.17) is 4.74 Å². The van der Waals surface area contributed by atoms with E-state index in [1.54, 1.807) is 23.0 Å². The van der Waals surface area contributed by atoms with Crippen molar-refractivity contribution in [2.24, 2.45) is 0 Å². The van der Waals surface area contributed by atoms with Gasteiger partial charge in [0.05, 0.1) is 11.9 Å². The second kappa shape index (κ2) is 6.74. The molecule has 0 fully saturated rings. The number of hydrogen-bond acceptors (Lipinski definition) is 3. The Morgan fingerprint density at radius 3 is 2.59 bits per heavy atom. The predicted octanol–water partition coefficient (Wildman–Crippen LogP) is 3.42.